The fraction of sp³-hybridized carbons (Fsp3) is 0.235. The highest BCUT2D eigenvalue weighted by Gasteiger charge is 2.18. The van der Waals surface area contributed by atoms with Crippen LogP contribution in [0.3, 0.4) is 0 Å². The van der Waals surface area contributed by atoms with Crippen molar-refractivity contribution in [3.05, 3.63) is 58.6 Å². The summed E-state index contributed by atoms with van der Waals surface area (Å²) in [7, 11) is 2.12. The van der Waals surface area contributed by atoms with Crippen molar-refractivity contribution in [2.45, 2.75) is 6.54 Å². The highest BCUT2D eigenvalue weighted by atomic mass is 35.5. The third kappa shape index (κ3) is 2.68. The zero-order valence-corrected chi connectivity index (χ0v) is 12.6. The standard InChI is InChI=1S/C17H16ClN3/c1-20-8-9-21(12-14-4-2-3-5-17(14)20)15-7-6-13(11-19)16(18)10-15/h2-7,10H,8-9,12H2,1H3. The highest BCUT2D eigenvalue weighted by Crippen LogP contribution is 2.29. The molecule has 106 valence electrons. The maximum Gasteiger partial charge on any atom is 0.101 e. The lowest BCUT2D eigenvalue weighted by Gasteiger charge is -2.23. The van der Waals surface area contributed by atoms with E-state index < -0.39 is 0 Å². The average Bonchev–Trinajstić information content (AvgIpc) is 2.67. The predicted molar refractivity (Wildman–Crippen MR) is 86.9 cm³/mol. The number of nitrogens with zero attached hydrogens (tertiary/aromatic N) is 3. The SMILES string of the molecule is CN1CCN(c2ccc(C#N)c(Cl)c2)Cc2ccccc21. The summed E-state index contributed by atoms with van der Waals surface area (Å²) in [6.45, 7) is 2.73. The van der Waals surface area contributed by atoms with Crippen LogP contribution in [-0.2, 0) is 6.54 Å². The average molecular weight is 298 g/mol. The van der Waals surface area contributed by atoms with E-state index in [1.54, 1.807) is 6.07 Å². The van der Waals surface area contributed by atoms with Gasteiger partial charge in [0.1, 0.15) is 6.07 Å². The molecule has 1 aliphatic rings. The van der Waals surface area contributed by atoms with Gasteiger partial charge in [0.05, 0.1) is 10.6 Å². The van der Waals surface area contributed by atoms with Crippen LogP contribution in [0.2, 0.25) is 5.02 Å². The summed E-state index contributed by atoms with van der Waals surface area (Å²) in [4.78, 5) is 4.58. The Balaban J connectivity index is 1.94. The topological polar surface area (TPSA) is 30.3 Å². The summed E-state index contributed by atoms with van der Waals surface area (Å²) in [5, 5.41) is 9.49. The molecule has 2 aromatic rings. The van der Waals surface area contributed by atoms with E-state index in [0.717, 1.165) is 25.3 Å². The second-order valence-corrected chi connectivity index (χ2v) is 5.65. The minimum Gasteiger partial charge on any atom is -0.373 e. The number of likely N-dealkylation sites (N-methyl/N-ethyl adjacent to an activating group) is 1. The molecule has 0 fully saturated rings. The van der Waals surface area contributed by atoms with Gasteiger partial charge in [0.25, 0.3) is 0 Å². The van der Waals surface area contributed by atoms with E-state index in [-0.39, 0.29) is 0 Å². The number of benzene rings is 2. The third-order valence-corrected chi connectivity index (χ3v) is 4.22. The van der Waals surface area contributed by atoms with Crippen molar-refractivity contribution in [3.63, 3.8) is 0 Å². The van der Waals surface area contributed by atoms with Gasteiger partial charge in [-0.25, -0.2) is 0 Å². The summed E-state index contributed by atoms with van der Waals surface area (Å²) in [6, 6.07) is 16.2. The normalized spacial score (nSPS) is 14.3. The van der Waals surface area contributed by atoms with Gasteiger partial charge in [0.2, 0.25) is 0 Å². The number of halogens is 1. The molecule has 0 N–H and O–H groups in total. The molecule has 0 aliphatic carbocycles. The Hall–Kier alpha value is -2.18. The van der Waals surface area contributed by atoms with E-state index in [1.165, 1.54) is 11.3 Å². The molecule has 0 aromatic heterocycles. The molecular formula is C17H16ClN3. The number of hydrogen-bond donors (Lipinski definition) is 0. The molecule has 0 radical (unpaired) electrons. The van der Waals surface area contributed by atoms with Crippen LogP contribution >= 0.6 is 11.6 Å². The smallest absolute Gasteiger partial charge is 0.101 e. The van der Waals surface area contributed by atoms with E-state index in [2.05, 4.69) is 47.2 Å². The molecule has 1 aliphatic heterocycles. The maximum absolute atomic E-state index is 8.97. The summed E-state index contributed by atoms with van der Waals surface area (Å²) in [6.07, 6.45) is 0. The van der Waals surface area contributed by atoms with E-state index in [0.29, 0.717) is 10.6 Å². The number of para-hydroxylation sites is 1. The van der Waals surface area contributed by atoms with Crippen molar-refractivity contribution < 1.29 is 0 Å². The van der Waals surface area contributed by atoms with Crippen LogP contribution in [0, 0.1) is 11.3 Å². The maximum atomic E-state index is 8.97. The molecule has 1 heterocycles. The molecule has 0 bridgehead atoms. The molecule has 3 nitrogen and oxygen atoms in total. The number of fused-ring (bicyclic) bond motifs is 1. The summed E-state index contributed by atoms with van der Waals surface area (Å²) < 4.78 is 0. The van der Waals surface area contributed by atoms with Crippen molar-refractivity contribution in [2.75, 3.05) is 29.9 Å². The number of nitriles is 1. The largest absolute Gasteiger partial charge is 0.373 e. The monoisotopic (exact) mass is 297 g/mol. The molecule has 0 atom stereocenters. The van der Waals surface area contributed by atoms with Gasteiger partial charge in [-0.3, -0.25) is 0 Å². The van der Waals surface area contributed by atoms with Crippen LogP contribution in [0.1, 0.15) is 11.1 Å². The number of anilines is 2. The Morgan fingerprint density at radius 2 is 1.95 bits per heavy atom. The minimum atomic E-state index is 0.515. The van der Waals surface area contributed by atoms with Crippen LogP contribution < -0.4 is 9.80 Å². The van der Waals surface area contributed by atoms with Gasteiger partial charge in [-0.15, -0.1) is 0 Å². The fourth-order valence-corrected chi connectivity index (χ4v) is 2.92. The zero-order valence-electron chi connectivity index (χ0n) is 11.9. The Morgan fingerprint density at radius 3 is 2.71 bits per heavy atom. The lowest BCUT2D eigenvalue weighted by atomic mass is 10.1. The van der Waals surface area contributed by atoms with Gasteiger partial charge in [-0.05, 0) is 29.8 Å². The molecule has 3 rings (SSSR count). The van der Waals surface area contributed by atoms with E-state index >= 15 is 0 Å². The predicted octanol–water partition coefficient (Wildman–Crippen LogP) is 3.67. The van der Waals surface area contributed by atoms with Crippen LogP contribution in [0.4, 0.5) is 11.4 Å². The molecule has 21 heavy (non-hydrogen) atoms. The molecule has 0 unspecified atom stereocenters. The van der Waals surface area contributed by atoms with Crippen molar-refractivity contribution in [1.29, 1.82) is 5.26 Å². The second kappa shape index (κ2) is 5.67. The van der Waals surface area contributed by atoms with E-state index in [1.807, 2.05) is 12.1 Å². The van der Waals surface area contributed by atoms with Crippen LogP contribution in [0.15, 0.2) is 42.5 Å². The highest BCUT2D eigenvalue weighted by molar-refractivity contribution is 6.32. The minimum absolute atomic E-state index is 0.515. The Morgan fingerprint density at radius 1 is 1.14 bits per heavy atom. The van der Waals surface area contributed by atoms with Gasteiger partial charge < -0.3 is 9.80 Å². The second-order valence-electron chi connectivity index (χ2n) is 5.25. The number of hydrogen-bond acceptors (Lipinski definition) is 3. The van der Waals surface area contributed by atoms with Crippen molar-refractivity contribution in [2.24, 2.45) is 0 Å². The Bertz CT molecular complexity index is 705. The van der Waals surface area contributed by atoms with Crippen molar-refractivity contribution >= 4 is 23.0 Å². The fourth-order valence-electron chi connectivity index (χ4n) is 2.70. The van der Waals surface area contributed by atoms with Gasteiger partial charge in [-0.1, -0.05) is 29.8 Å². The van der Waals surface area contributed by atoms with Crippen LogP contribution in [0.25, 0.3) is 0 Å². The first-order chi connectivity index (χ1) is 10.2. The number of rotatable bonds is 1. The third-order valence-electron chi connectivity index (χ3n) is 3.91. The first-order valence-electron chi connectivity index (χ1n) is 6.92. The Labute approximate surface area is 130 Å². The van der Waals surface area contributed by atoms with Crippen LogP contribution in [-0.4, -0.2) is 20.1 Å². The van der Waals surface area contributed by atoms with Crippen molar-refractivity contribution in [3.8, 4) is 6.07 Å². The Kier molecular flexibility index (Phi) is 3.72. The molecule has 2 aromatic carbocycles. The lowest BCUT2D eigenvalue weighted by Crippen LogP contribution is -2.29. The summed E-state index contributed by atoms with van der Waals surface area (Å²) >= 11 is 6.16. The van der Waals surface area contributed by atoms with Crippen LogP contribution in [0.5, 0.6) is 0 Å². The summed E-state index contributed by atoms with van der Waals surface area (Å²) in [5.41, 5.74) is 4.16. The first kappa shape index (κ1) is 13.8. The molecule has 0 saturated heterocycles. The lowest BCUT2D eigenvalue weighted by molar-refractivity contribution is 0.798. The molecule has 0 amide bonds. The van der Waals surface area contributed by atoms with E-state index in [4.69, 9.17) is 16.9 Å². The van der Waals surface area contributed by atoms with Crippen molar-refractivity contribution in [1.82, 2.24) is 0 Å². The molecule has 0 saturated carbocycles. The molecular weight excluding hydrogens is 282 g/mol. The molecule has 4 heteroatoms. The summed E-state index contributed by atoms with van der Waals surface area (Å²) in [5.74, 6) is 0. The first-order valence-corrected chi connectivity index (χ1v) is 7.30. The zero-order chi connectivity index (χ0) is 14.8. The van der Waals surface area contributed by atoms with Gasteiger partial charge in [-0.2, -0.15) is 5.26 Å². The van der Waals surface area contributed by atoms with E-state index in [9.17, 15) is 0 Å². The van der Waals surface area contributed by atoms with Gasteiger partial charge in [0.15, 0.2) is 0 Å². The molecule has 0 spiro atoms. The van der Waals surface area contributed by atoms with Gasteiger partial charge in [0, 0.05) is 38.1 Å². The van der Waals surface area contributed by atoms with Gasteiger partial charge >= 0.3 is 0 Å². The quantitative estimate of drug-likeness (QED) is 0.804.